The van der Waals surface area contributed by atoms with E-state index in [-0.39, 0.29) is 67.4 Å². The standard InChI is InChI=1S/C35H43N7O10/c1-22(2)31(40-28(43)8-4-3-5-20-41-29(44)17-18-30(41)45)33(47)39-27(7-6-19-37-35(36)49)32(46)38-25-13-9-23(10-14-25)21-52-34(48)24-11-15-26(16-12-24)42(50)51/h9-18,22,27,31H,3-8,19-21H2,1-2H3,(H,38,46)(H,39,47)(H,40,43)(H3,36,37,49)/t27-,31-/m0/s1. The van der Waals surface area contributed by atoms with Crippen LogP contribution in [0.3, 0.4) is 0 Å². The molecule has 52 heavy (non-hydrogen) atoms. The van der Waals surface area contributed by atoms with Crippen LogP contribution in [-0.4, -0.2) is 76.5 Å². The van der Waals surface area contributed by atoms with Gasteiger partial charge < -0.3 is 31.7 Å². The van der Waals surface area contributed by atoms with E-state index in [4.69, 9.17) is 10.5 Å². The summed E-state index contributed by atoms with van der Waals surface area (Å²) in [5.41, 5.74) is 6.11. The lowest BCUT2D eigenvalue weighted by Crippen LogP contribution is -2.54. The lowest BCUT2D eigenvalue weighted by molar-refractivity contribution is -0.384. The first-order valence-electron chi connectivity index (χ1n) is 16.7. The van der Waals surface area contributed by atoms with Gasteiger partial charge in [0.05, 0.1) is 10.5 Å². The number of benzene rings is 2. The number of unbranched alkanes of at least 4 members (excludes halogenated alkanes) is 2. The average molecular weight is 722 g/mol. The molecule has 7 amide bonds. The highest BCUT2D eigenvalue weighted by molar-refractivity contribution is 6.12. The zero-order valence-electron chi connectivity index (χ0n) is 28.9. The van der Waals surface area contributed by atoms with Crippen molar-refractivity contribution in [3.63, 3.8) is 0 Å². The van der Waals surface area contributed by atoms with Crippen LogP contribution in [0.25, 0.3) is 0 Å². The number of nitro groups is 1. The maximum absolute atomic E-state index is 13.4. The van der Waals surface area contributed by atoms with Crippen LogP contribution in [0.1, 0.15) is 68.3 Å². The van der Waals surface area contributed by atoms with Crippen LogP contribution in [0.15, 0.2) is 60.7 Å². The van der Waals surface area contributed by atoms with Crippen molar-refractivity contribution in [1.29, 1.82) is 0 Å². The molecule has 0 aromatic heterocycles. The molecule has 6 N–H and O–H groups in total. The van der Waals surface area contributed by atoms with Crippen LogP contribution in [0.2, 0.25) is 0 Å². The summed E-state index contributed by atoms with van der Waals surface area (Å²) in [5, 5.41) is 21.4. The van der Waals surface area contributed by atoms with Crippen LogP contribution < -0.4 is 27.0 Å². The number of nitrogens with two attached hydrogens (primary N) is 1. The monoisotopic (exact) mass is 721 g/mol. The van der Waals surface area contributed by atoms with Crippen molar-refractivity contribution in [3.8, 4) is 0 Å². The molecule has 3 rings (SSSR count). The van der Waals surface area contributed by atoms with E-state index < -0.39 is 40.8 Å². The van der Waals surface area contributed by atoms with Gasteiger partial charge in [-0.3, -0.25) is 39.0 Å². The molecule has 0 saturated heterocycles. The Bertz CT molecular complexity index is 1640. The summed E-state index contributed by atoms with van der Waals surface area (Å²) in [7, 11) is 0. The Morgan fingerprint density at radius 2 is 1.52 bits per heavy atom. The van der Waals surface area contributed by atoms with E-state index in [9.17, 15) is 43.7 Å². The zero-order valence-corrected chi connectivity index (χ0v) is 28.9. The molecular formula is C35H43N7O10. The Balaban J connectivity index is 1.54. The number of primary amides is 1. The Kier molecular flexibility index (Phi) is 15.4. The molecule has 2 aromatic rings. The van der Waals surface area contributed by atoms with E-state index >= 15 is 0 Å². The maximum Gasteiger partial charge on any atom is 0.338 e. The first kappa shape index (κ1) is 40.3. The Morgan fingerprint density at radius 1 is 0.865 bits per heavy atom. The predicted octanol–water partition coefficient (Wildman–Crippen LogP) is 2.45. The number of rotatable bonds is 20. The van der Waals surface area contributed by atoms with Crippen molar-refractivity contribution in [2.75, 3.05) is 18.4 Å². The van der Waals surface area contributed by atoms with Crippen molar-refractivity contribution in [2.45, 2.75) is 71.1 Å². The molecule has 0 fully saturated rings. The molecule has 2 atom stereocenters. The number of carbonyl (C=O) groups excluding carboxylic acids is 7. The molecule has 0 saturated carbocycles. The van der Waals surface area contributed by atoms with Crippen LogP contribution in [0.5, 0.6) is 0 Å². The topological polar surface area (TPSA) is 249 Å². The van der Waals surface area contributed by atoms with E-state index in [0.717, 1.165) is 4.90 Å². The number of nitro benzene ring substituents is 1. The minimum absolute atomic E-state index is 0.101. The molecular weight excluding hydrogens is 678 g/mol. The van der Waals surface area contributed by atoms with E-state index in [1.807, 2.05) is 0 Å². The van der Waals surface area contributed by atoms with Crippen LogP contribution in [-0.2, 0) is 35.3 Å². The summed E-state index contributed by atoms with van der Waals surface area (Å²) in [6.45, 7) is 3.81. The molecule has 17 nitrogen and oxygen atoms in total. The second kappa shape index (κ2) is 19.9. The van der Waals surface area contributed by atoms with Crippen molar-refractivity contribution < 1.29 is 43.2 Å². The van der Waals surface area contributed by atoms with E-state index in [0.29, 0.717) is 36.9 Å². The number of carbonyl (C=O) groups is 7. The summed E-state index contributed by atoms with van der Waals surface area (Å²) >= 11 is 0. The van der Waals surface area contributed by atoms with Gasteiger partial charge in [-0.1, -0.05) is 32.4 Å². The number of non-ortho nitro benzene ring substituents is 1. The summed E-state index contributed by atoms with van der Waals surface area (Å²) in [6, 6.07) is 8.66. The summed E-state index contributed by atoms with van der Waals surface area (Å²) in [5.74, 6) is -3.21. The van der Waals surface area contributed by atoms with Gasteiger partial charge in [0.25, 0.3) is 17.5 Å². The third-order valence-corrected chi connectivity index (χ3v) is 7.96. The third-order valence-electron chi connectivity index (χ3n) is 7.96. The Hall–Kier alpha value is -6.13. The number of urea groups is 1. The number of hydrogen-bond donors (Lipinski definition) is 5. The minimum Gasteiger partial charge on any atom is -0.457 e. The smallest absolute Gasteiger partial charge is 0.338 e. The zero-order chi connectivity index (χ0) is 38.2. The quantitative estimate of drug-likeness (QED) is 0.0439. The van der Waals surface area contributed by atoms with Crippen molar-refractivity contribution >= 4 is 52.9 Å². The van der Waals surface area contributed by atoms with Gasteiger partial charge in [0, 0.05) is 49.5 Å². The second-order valence-electron chi connectivity index (χ2n) is 12.3. The number of imide groups is 1. The number of amides is 7. The van der Waals surface area contributed by atoms with Gasteiger partial charge in [-0.25, -0.2) is 9.59 Å². The second-order valence-corrected chi connectivity index (χ2v) is 12.3. The first-order valence-corrected chi connectivity index (χ1v) is 16.7. The number of nitrogens with one attached hydrogen (secondary N) is 4. The molecule has 0 spiro atoms. The predicted molar refractivity (Wildman–Crippen MR) is 187 cm³/mol. The fraction of sp³-hybridized carbons (Fsp3) is 0.400. The van der Waals surface area contributed by atoms with Gasteiger partial charge in [0.2, 0.25) is 17.7 Å². The van der Waals surface area contributed by atoms with Gasteiger partial charge in [0.1, 0.15) is 18.7 Å². The number of hydrogen-bond acceptors (Lipinski definition) is 10. The molecule has 1 aliphatic heterocycles. The molecule has 0 unspecified atom stereocenters. The lowest BCUT2D eigenvalue weighted by atomic mass is 10.0. The molecule has 278 valence electrons. The SMILES string of the molecule is CC(C)[C@H](NC(=O)CCCCCN1C(=O)C=CC1=O)C(=O)N[C@@H](CCCNC(N)=O)C(=O)Nc1ccc(COC(=O)c2ccc([N+](=O)[O-])cc2)cc1. The van der Waals surface area contributed by atoms with E-state index in [1.54, 1.807) is 38.1 Å². The van der Waals surface area contributed by atoms with Gasteiger partial charge in [-0.15, -0.1) is 0 Å². The first-order chi connectivity index (χ1) is 24.7. The highest BCUT2D eigenvalue weighted by Crippen LogP contribution is 2.16. The molecule has 0 aliphatic carbocycles. The Labute approximate surface area is 299 Å². The molecule has 1 heterocycles. The van der Waals surface area contributed by atoms with Gasteiger partial charge in [-0.05, 0) is 61.4 Å². The summed E-state index contributed by atoms with van der Waals surface area (Å²) < 4.78 is 5.28. The number of esters is 1. The normalized spacial score (nSPS) is 13.3. The van der Waals surface area contributed by atoms with Crippen LogP contribution in [0, 0.1) is 16.0 Å². The summed E-state index contributed by atoms with van der Waals surface area (Å²) in [4.78, 5) is 97.7. The van der Waals surface area contributed by atoms with Gasteiger partial charge in [-0.2, -0.15) is 0 Å². The minimum atomic E-state index is -1.05. The van der Waals surface area contributed by atoms with E-state index in [1.165, 1.54) is 36.4 Å². The van der Waals surface area contributed by atoms with Gasteiger partial charge >= 0.3 is 12.0 Å². The number of nitrogens with zero attached hydrogens (tertiary/aromatic N) is 2. The molecule has 2 aromatic carbocycles. The highest BCUT2D eigenvalue weighted by Gasteiger charge is 2.29. The van der Waals surface area contributed by atoms with Gasteiger partial charge in [0.15, 0.2) is 0 Å². The maximum atomic E-state index is 13.4. The fourth-order valence-electron chi connectivity index (χ4n) is 5.08. The fourth-order valence-corrected chi connectivity index (χ4v) is 5.08. The molecule has 0 bridgehead atoms. The number of ether oxygens (including phenoxy) is 1. The summed E-state index contributed by atoms with van der Waals surface area (Å²) in [6.07, 6.45) is 4.56. The highest BCUT2D eigenvalue weighted by atomic mass is 16.6. The third kappa shape index (κ3) is 13.0. The van der Waals surface area contributed by atoms with Crippen molar-refractivity contribution in [1.82, 2.24) is 20.9 Å². The lowest BCUT2D eigenvalue weighted by Gasteiger charge is -2.25. The molecule has 17 heteroatoms. The molecule has 1 aliphatic rings. The van der Waals surface area contributed by atoms with Crippen LogP contribution in [0.4, 0.5) is 16.2 Å². The molecule has 0 radical (unpaired) electrons. The van der Waals surface area contributed by atoms with Crippen molar-refractivity contribution in [3.05, 3.63) is 81.9 Å². The average Bonchev–Trinajstić information content (AvgIpc) is 3.43. The Morgan fingerprint density at radius 3 is 2.12 bits per heavy atom. The van der Waals surface area contributed by atoms with E-state index in [2.05, 4.69) is 21.3 Å². The number of anilines is 1. The van der Waals surface area contributed by atoms with Crippen molar-refractivity contribution in [2.24, 2.45) is 11.7 Å². The van der Waals surface area contributed by atoms with Crippen LogP contribution >= 0.6 is 0 Å². The largest absolute Gasteiger partial charge is 0.457 e.